The Labute approximate surface area is 162 Å². The molecule has 2 aromatic carbocycles. The van der Waals surface area contributed by atoms with Crippen LogP contribution >= 0.6 is 11.8 Å². The van der Waals surface area contributed by atoms with Crippen LogP contribution in [0.5, 0.6) is 0 Å². The van der Waals surface area contributed by atoms with Gasteiger partial charge in [-0.15, -0.1) is 10.2 Å². The lowest BCUT2D eigenvalue weighted by molar-refractivity contribution is 0.0556. The van der Waals surface area contributed by atoms with Gasteiger partial charge >= 0.3 is 5.97 Å². The van der Waals surface area contributed by atoms with E-state index < -0.39 is 0 Å². The lowest BCUT2D eigenvalue weighted by atomic mass is 10.1. The number of carbonyl (C=O) groups is 1. The molecule has 0 amide bonds. The van der Waals surface area contributed by atoms with Gasteiger partial charge < -0.3 is 9.15 Å². The van der Waals surface area contributed by atoms with E-state index in [0.29, 0.717) is 22.4 Å². The van der Waals surface area contributed by atoms with E-state index in [4.69, 9.17) is 9.15 Å². The summed E-state index contributed by atoms with van der Waals surface area (Å²) in [5.74, 6) is 6.32. The molecule has 0 saturated carbocycles. The summed E-state index contributed by atoms with van der Waals surface area (Å²) in [4.78, 5) is 11.9. The van der Waals surface area contributed by atoms with Crippen LogP contribution in [0.4, 0.5) is 0 Å². The van der Waals surface area contributed by atoms with E-state index in [0.717, 1.165) is 11.1 Å². The van der Waals surface area contributed by atoms with Crippen LogP contribution in [0.2, 0.25) is 0 Å². The Morgan fingerprint density at radius 1 is 1.07 bits per heavy atom. The van der Waals surface area contributed by atoms with Crippen molar-refractivity contribution in [1.29, 1.82) is 0 Å². The summed E-state index contributed by atoms with van der Waals surface area (Å²) in [5, 5.41) is 8.50. The van der Waals surface area contributed by atoms with Crippen LogP contribution in [0.15, 0.2) is 58.2 Å². The molecule has 6 heteroatoms. The Hall–Kier alpha value is -3.04. The highest BCUT2D eigenvalue weighted by atomic mass is 32.2. The maximum absolute atomic E-state index is 11.9. The Morgan fingerprint density at radius 3 is 2.63 bits per heavy atom. The smallest absolute Gasteiger partial charge is 0.339 e. The molecule has 0 aliphatic heterocycles. The van der Waals surface area contributed by atoms with Crippen LogP contribution < -0.4 is 0 Å². The SMILES string of the molecule is Cc1ccc(-c2nnc(SCC#CCOC(=O)c3ccccc3C)o2)cc1. The number of aromatic nitrogens is 2. The number of esters is 1. The lowest BCUT2D eigenvalue weighted by Crippen LogP contribution is -2.07. The standard InChI is InChI=1S/C21H18N2O3S/c1-15-9-11-17(12-10-15)19-22-23-21(26-19)27-14-6-5-13-25-20(24)18-8-4-3-7-16(18)2/h3-4,7-12H,13-14H2,1-2H3. The van der Waals surface area contributed by atoms with E-state index >= 15 is 0 Å². The molecule has 136 valence electrons. The van der Waals surface area contributed by atoms with Crippen LogP contribution in [0.1, 0.15) is 21.5 Å². The summed E-state index contributed by atoms with van der Waals surface area (Å²) < 4.78 is 10.8. The van der Waals surface area contributed by atoms with E-state index in [1.807, 2.05) is 50.2 Å². The van der Waals surface area contributed by atoms with Gasteiger partial charge in [-0.2, -0.15) is 0 Å². The molecule has 0 fully saturated rings. The lowest BCUT2D eigenvalue weighted by Gasteiger charge is -2.03. The van der Waals surface area contributed by atoms with E-state index in [9.17, 15) is 4.79 Å². The molecule has 3 aromatic rings. The molecule has 3 rings (SSSR count). The molecular weight excluding hydrogens is 360 g/mol. The fourth-order valence-electron chi connectivity index (χ4n) is 2.26. The van der Waals surface area contributed by atoms with Crippen molar-refractivity contribution in [3.8, 4) is 23.3 Å². The molecule has 1 aromatic heterocycles. The van der Waals surface area contributed by atoms with Gasteiger partial charge in [-0.3, -0.25) is 0 Å². The molecular formula is C21H18N2O3S. The van der Waals surface area contributed by atoms with Gasteiger partial charge in [-0.1, -0.05) is 59.5 Å². The van der Waals surface area contributed by atoms with Gasteiger partial charge in [0.05, 0.1) is 11.3 Å². The second kappa shape index (κ2) is 9.06. The normalized spacial score (nSPS) is 10.1. The zero-order chi connectivity index (χ0) is 19.1. The molecule has 27 heavy (non-hydrogen) atoms. The molecule has 0 atom stereocenters. The number of hydrogen-bond donors (Lipinski definition) is 0. The number of carbonyl (C=O) groups excluding carboxylic acids is 1. The summed E-state index contributed by atoms with van der Waals surface area (Å²) in [7, 11) is 0. The monoisotopic (exact) mass is 378 g/mol. The molecule has 1 heterocycles. The first kappa shape index (κ1) is 18.7. The van der Waals surface area contributed by atoms with Gasteiger partial charge in [0.15, 0.2) is 6.61 Å². The zero-order valence-corrected chi connectivity index (χ0v) is 15.9. The maximum Gasteiger partial charge on any atom is 0.339 e. The van der Waals surface area contributed by atoms with E-state index in [1.165, 1.54) is 17.3 Å². The Morgan fingerprint density at radius 2 is 1.85 bits per heavy atom. The van der Waals surface area contributed by atoms with Gasteiger partial charge in [0, 0.05) is 5.56 Å². The number of hydrogen-bond acceptors (Lipinski definition) is 6. The van der Waals surface area contributed by atoms with Gasteiger partial charge in [-0.05, 0) is 37.6 Å². The summed E-state index contributed by atoms with van der Waals surface area (Å²) in [5.41, 5.74) is 3.50. The summed E-state index contributed by atoms with van der Waals surface area (Å²) in [6.45, 7) is 3.94. The van der Waals surface area contributed by atoms with Crippen LogP contribution in [0.3, 0.4) is 0 Å². The van der Waals surface area contributed by atoms with Crippen molar-refractivity contribution in [3.63, 3.8) is 0 Å². The minimum Gasteiger partial charge on any atom is -0.449 e. The Kier molecular flexibility index (Phi) is 6.29. The molecule has 0 unspecified atom stereocenters. The van der Waals surface area contributed by atoms with Crippen molar-refractivity contribution in [3.05, 3.63) is 65.2 Å². The van der Waals surface area contributed by atoms with E-state index in [1.54, 1.807) is 12.1 Å². The number of ether oxygens (including phenoxy) is 1. The Bertz CT molecular complexity index is 984. The third-order valence-electron chi connectivity index (χ3n) is 3.74. The predicted octanol–water partition coefficient (Wildman–Crippen LogP) is 4.31. The predicted molar refractivity (Wildman–Crippen MR) is 104 cm³/mol. The van der Waals surface area contributed by atoms with Crippen molar-refractivity contribution >= 4 is 17.7 Å². The first-order valence-corrected chi connectivity index (χ1v) is 9.34. The quantitative estimate of drug-likeness (QED) is 0.375. The average Bonchev–Trinajstić information content (AvgIpc) is 3.14. The third-order valence-corrected chi connectivity index (χ3v) is 4.44. The first-order chi connectivity index (χ1) is 13.1. The number of aryl methyl sites for hydroxylation is 2. The minimum absolute atomic E-state index is 0.0478. The van der Waals surface area contributed by atoms with Crippen molar-refractivity contribution < 1.29 is 13.9 Å². The molecule has 0 saturated heterocycles. The number of nitrogens with zero attached hydrogens (tertiary/aromatic N) is 2. The van der Waals surface area contributed by atoms with Crippen molar-refractivity contribution in [2.45, 2.75) is 19.1 Å². The van der Waals surface area contributed by atoms with E-state index in [-0.39, 0.29) is 12.6 Å². The van der Waals surface area contributed by atoms with Gasteiger partial charge in [0.25, 0.3) is 5.22 Å². The van der Waals surface area contributed by atoms with Crippen LogP contribution in [-0.4, -0.2) is 28.5 Å². The highest BCUT2D eigenvalue weighted by molar-refractivity contribution is 7.99. The number of benzene rings is 2. The van der Waals surface area contributed by atoms with Crippen molar-refractivity contribution in [1.82, 2.24) is 10.2 Å². The molecule has 0 spiro atoms. The fourth-order valence-corrected chi connectivity index (χ4v) is 2.80. The van der Waals surface area contributed by atoms with Crippen LogP contribution in [0.25, 0.3) is 11.5 Å². The topological polar surface area (TPSA) is 65.2 Å². The largest absolute Gasteiger partial charge is 0.449 e. The third kappa shape index (κ3) is 5.22. The molecule has 0 aliphatic rings. The highest BCUT2D eigenvalue weighted by Crippen LogP contribution is 2.23. The molecule has 0 bridgehead atoms. The Balaban J connectivity index is 1.45. The second-order valence-electron chi connectivity index (χ2n) is 5.77. The molecule has 5 nitrogen and oxygen atoms in total. The second-order valence-corrected chi connectivity index (χ2v) is 6.70. The molecule has 0 aliphatic carbocycles. The fraction of sp³-hybridized carbons (Fsp3) is 0.190. The van der Waals surface area contributed by atoms with Crippen LogP contribution in [-0.2, 0) is 4.74 Å². The maximum atomic E-state index is 11.9. The number of thioether (sulfide) groups is 1. The summed E-state index contributed by atoms with van der Waals surface area (Å²) >= 11 is 1.34. The van der Waals surface area contributed by atoms with Gasteiger partial charge in [-0.25, -0.2) is 4.79 Å². The zero-order valence-electron chi connectivity index (χ0n) is 15.1. The molecule has 0 N–H and O–H groups in total. The summed E-state index contributed by atoms with van der Waals surface area (Å²) in [6.07, 6.45) is 0. The van der Waals surface area contributed by atoms with Crippen molar-refractivity contribution in [2.75, 3.05) is 12.4 Å². The number of rotatable bonds is 5. The summed E-state index contributed by atoms with van der Waals surface area (Å²) in [6, 6.07) is 15.2. The minimum atomic E-state index is -0.366. The van der Waals surface area contributed by atoms with Crippen molar-refractivity contribution in [2.24, 2.45) is 0 Å². The highest BCUT2D eigenvalue weighted by Gasteiger charge is 2.09. The van der Waals surface area contributed by atoms with Gasteiger partial charge in [0.1, 0.15) is 0 Å². The van der Waals surface area contributed by atoms with Crippen LogP contribution in [0, 0.1) is 25.7 Å². The van der Waals surface area contributed by atoms with E-state index in [2.05, 4.69) is 22.0 Å². The first-order valence-electron chi connectivity index (χ1n) is 8.35. The average molecular weight is 378 g/mol. The molecule has 0 radical (unpaired) electrons. The van der Waals surface area contributed by atoms with Gasteiger partial charge in [0.2, 0.25) is 5.89 Å².